The van der Waals surface area contributed by atoms with Gasteiger partial charge in [-0.25, -0.2) is 14.4 Å². The molecule has 26 heavy (non-hydrogen) atoms. The van der Waals surface area contributed by atoms with E-state index in [1.165, 1.54) is 42.8 Å². The molecular weight excluding hydrogens is 368 g/mol. The number of thioether (sulfide) groups is 2. The summed E-state index contributed by atoms with van der Waals surface area (Å²) in [4.78, 5) is 39.1. The van der Waals surface area contributed by atoms with E-state index in [0.29, 0.717) is 40.2 Å². The Hall–Kier alpha value is -1.61. The van der Waals surface area contributed by atoms with Gasteiger partial charge in [-0.15, -0.1) is 0 Å². The van der Waals surface area contributed by atoms with Crippen molar-refractivity contribution in [1.29, 1.82) is 0 Å². The SMILES string of the molecule is CCCCCCCCN1C(=C=O)S/C(=C2/SC(=C=O)CN2CC)C1=C=O. The van der Waals surface area contributed by atoms with Crippen LogP contribution in [-0.2, 0) is 14.4 Å². The average Bonchev–Trinajstić information content (AvgIpc) is 3.24. The molecule has 0 spiro atoms. The zero-order valence-electron chi connectivity index (χ0n) is 15.3. The van der Waals surface area contributed by atoms with Gasteiger partial charge < -0.3 is 9.80 Å². The second-order valence-corrected chi connectivity index (χ2v) is 8.24. The molecule has 2 aliphatic heterocycles. The summed E-state index contributed by atoms with van der Waals surface area (Å²) in [5.41, 5.74) is 0.384. The third-order valence-electron chi connectivity index (χ3n) is 4.38. The largest absolute Gasteiger partial charge is 0.360 e. The minimum atomic E-state index is 0.384. The van der Waals surface area contributed by atoms with E-state index in [9.17, 15) is 14.4 Å². The van der Waals surface area contributed by atoms with Crippen LogP contribution in [-0.4, -0.2) is 47.3 Å². The Morgan fingerprint density at radius 1 is 0.923 bits per heavy atom. The van der Waals surface area contributed by atoms with Gasteiger partial charge in [0.15, 0.2) is 16.9 Å². The first-order valence-corrected chi connectivity index (χ1v) is 10.7. The van der Waals surface area contributed by atoms with Crippen molar-refractivity contribution < 1.29 is 14.4 Å². The average molecular weight is 393 g/mol. The second kappa shape index (κ2) is 10.5. The lowest BCUT2D eigenvalue weighted by Crippen LogP contribution is -2.21. The van der Waals surface area contributed by atoms with Gasteiger partial charge in [0.25, 0.3) is 0 Å². The monoisotopic (exact) mass is 392 g/mol. The van der Waals surface area contributed by atoms with Crippen LogP contribution in [0.1, 0.15) is 52.4 Å². The highest BCUT2D eigenvalue weighted by atomic mass is 32.2. The lowest BCUT2D eigenvalue weighted by atomic mass is 10.1. The van der Waals surface area contributed by atoms with Gasteiger partial charge >= 0.3 is 0 Å². The van der Waals surface area contributed by atoms with Gasteiger partial charge in [0.2, 0.25) is 0 Å². The number of likely N-dealkylation sites (N-methyl/N-ethyl adjacent to an activating group) is 1. The van der Waals surface area contributed by atoms with Crippen molar-refractivity contribution >= 4 is 41.3 Å². The molecule has 7 heteroatoms. The van der Waals surface area contributed by atoms with Crippen LogP contribution >= 0.6 is 23.5 Å². The Bertz CT molecular complexity index is 712. The minimum absolute atomic E-state index is 0.384. The molecule has 0 saturated carbocycles. The van der Waals surface area contributed by atoms with E-state index in [2.05, 4.69) is 6.92 Å². The summed E-state index contributed by atoms with van der Waals surface area (Å²) in [7, 11) is 0. The van der Waals surface area contributed by atoms with Crippen molar-refractivity contribution in [2.75, 3.05) is 19.6 Å². The third kappa shape index (κ3) is 4.76. The minimum Gasteiger partial charge on any atom is -0.360 e. The molecule has 0 aromatic carbocycles. The molecule has 0 radical (unpaired) electrons. The highest BCUT2D eigenvalue weighted by Gasteiger charge is 2.36. The van der Waals surface area contributed by atoms with Gasteiger partial charge in [0.05, 0.1) is 21.4 Å². The Labute approximate surface area is 163 Å². The van der Waals surface area contributed by atoms with Gasteiger partial charge in [-0.2, -0.15) is 0 Å². The predicted octanol–water partition coefficient (Wildman–Crippen LogP) is 3.74. The van der Waals surface area contributed by atoms with Crippen LogP contribution in [0.5, 0.6) is 0 Å². The van der Waals surface area contributed by atoms with Crippen molar-refractivity contribution in [3.63, 3.8) is 0 Å². The number of rotatable bonds is 8. The molecule has 0 aliphatic carbocycles. The van der Waals surface area contributed by atoms with Crippen LogP contribution in [0, 0.1) is 0 Å². The third-order valence-corrected chi connectivity index (χ3v) is 6.71. The molecule has 0 aromatic heterocycles. The van der Waals surface area contributed by atoms with Crippen molar-refractivity contribution in [2.45, 2.75) is 52.4 Å². The van der Waals surface area contributed by atoms with Crippen molar-refractivity contribution in [2.24, 2.45) is 0 Å². The Morgan fingerprint density at radius 2 is 1.65 bits per heavy atom. The summed E-state index contributed by atoms with van der Waals surface area (Å²) in [6, 6.07) is 0. The maximum atomic E-state index is 11.7. The molecule has 140 valence electrons. The van der Waals surface area contributed by atoms with Crippen LogP contribution < -0.4 is 0 Å². The van der Waals surface area contributed by atoms with Gasteiger partial charge in [-0.1, -0.05) is 62.6 Å². The van der Waals surface area contributed by atoms with Crippen LogP contribution in [0.3, 0.4) is 0 Å². The van der Waals surface area contributed by atoms with E-state index in [-0.39, 0.29) is 0 Å². The van der Waals surface area contributed by atoms with Crippen LogP contribution in [0.2, 0.25) is 0 Å². The summed E-state index contributed by atoms with van der Waals surface area (Å²) in [5, 5.41) is 1.23. The summed E-state index contributed by atoms with van der Waals surface area (Å²) >= 11 is 2.57. The molecular formula is C19H24N2O3S2. The molecule has 2 fully saturated rings. The van der Waals surface area contributed by atoms with E-state index >= 15 is 0 Å². The number of hydrogen-bond donors (Lipinski definition) is 0. The molecule has 2 aliphatic rings. The van der Waals surface area contributed by atoms with E-state index < -0.39 is 0 Å². The normalized spacial score (nSPS) is 19.8. The number of unbranched alkanes of at least 4 members (excludes halogenated alkanes) is 5. The van der Waals surface area contributed by atoms with Crippen molar-refractivity contribution in [1.82, 2.24) is 9.80 Å². The molecule has 0 amide bonds. The smallest absolute Gasteiger partial charge is 0.167 e. The molecule has 0 bridgehead atoms. The summed E-state index contributed by atoms with van der Waals surface area (Å²) in [6.07, 6.45) is 6.81. The molecule has 0 atom stereocenters. The summed E-state index contributed by atoms with van der Waals surface area (Å²) in [6.45, 7) is 5.99. The highest BCUT2D eigenvalue weighted by molar-refractivity contribution is 8.11. The molecule has 0 aromatic rings. The zero-order chi connectivity index (χ0) is 18.9. The van der Waals surface area contributed by atoms with Crippen molar-refractivity contribution in [3.8, 4) is 0 Å². The first-order chi connectivity index (χ1) is 12.7. The van der Waals surface area contributed by atoms with Crippen LogP contribution in [0.15, 0.2) is 25.6 Å². The molecule has 0 unspecified atom stereocenters. The van der Waals surface area contributed by atoms with Gasteiger partial charge in [-0.3, -0.25) is 0 Å². The van der Waals surface area contributed by atoms with Gasteiger partial charge in [0.1, 0.15) is 11.6 Å². The lowest BCUT2D eigenvalue weighted by molar-refractivity contribution is 0.425. The Morgan fingerprint density at radius 3 is 2.27 bits per heavy atom. The van der Waals surface area contributed by atoms with Gasteiger partial charge in [-0.05, 0) is 13.3 Å². The Kier molecular flexibility index (Phi) is 8.37. The number of hydrogen-bond acceptors (Lipinski definition) is 7. The van der Waals surface area contributed by atoms with Gasteiger partial charge in [0, 0.05) is 13.1 Å². The fourth-order valence-electron chi connectivity index (χ4n) is 2.97. The predicted molar refractivity (Wildman–Crippen MR) is 107 cm³/mol. The maximum absolute atomic E-state index is 11.7. The summed E-state index contributed by atoms with van der Waals surface area (Å²) in [5.74, 6) is 5.92. The van der Waals surface area contributed by atoms with Crippen molar-refractivity contribution in [3.05, 3.63) is 25.6 Å². The highest BCUT2D eigenvalue weighted by Crippen LogP contribution is 2.50. The molecule has 0 N–H and O–H groups in total. The van der Waals surface area contributed by atoms with Crippen LogP contribution in [0.4, 0.5) is 0 Å². The second-order valence-electron chi connectivity index (χ2n) is 6.16. The molecule has 2 heterocycles. The first-order valence-electron chi connectivity index (χ1n) is 9.07. The van der Waals surface area contributed by atoms with E-state index in [4.69, 9.17) is 0 Å². The van der Waals surface area contributed by atoms with E-state index in [1.54, 1.807) is 4.90 Å². The number of carbonyl (C=O) groups excluding carboxylic acids is 3. The van der Waals surface area contributed by atoms with Crippen LogP contribution in [0.25, 0.3) is 0 Å². The fraction of sp³-hybridized carbons (Fsp3) is 0.579. The molecule has 2 saturated heterocycles. The topological polar surface area (TPSA) is 57.7 Å². The molecule has 2 rings (SSSR count). The summed E-state index contributed by atoms with van der Waals surface area (Å²) < 4.78 is 0. The maximum Gasteiger partial charge on any atom is 0.167 e. The molecule has 5 nitrogen and oxygen atoms in total. The number of nitrogens with zero attached hydrogens (tertiary/aromatic N) is 2. The van der Waals surface area contributed by atoms with E-state index in [1.807, 2.05) is 29.6 Å². The Balaban J connectivity index is 2.16. The van der Waals surface area contributed by atoms with E-state index in [0.717, 1.165) is 24.3 Å². The zero-order valence-corrected chi connectivity index (χ0v) is 16.9. The standard InChI is InChI=1S/C19H24N2O3S2/c1-3-5-6-7-8-9-10-21-16(13-23)18(26-17(21)14-24)19-20(4-2)11-15(12-22)25-19/h3-11H2,1-2H3/b19-18+. The quantitative estimate of drug-likeness (QED) is 0.461. The fourth-order valence-corrected chi connectivity index (χ4v) is 5.22. The lowest BCUT2D eigenvalue weighted by Gasteiger charge is -2.19. The first kappa shape index (κ1) is 20.7.